The quantitative estimate of drug-likeness (QED) is 0.224. The van der Waals surface area contributed by atoms with Gasteiger partial charge in [0.1, 0.15) is 11.0 Å². The molecule has 5 aromatic carbocycles. The Bertz CT molecular complexity index is 2450. The summed E-state index contributed by atoms with van der Waals surface area (Å²) in [5, 5.41) is 7.97. The Labute approximate surface area is 234 Å². The average Bonchev–Trinajstić information content (AvgIpc) is 3.38. The van der Waals surface area contributed by atoms with E-state index >= 15 is 0 Å². The number of benzene rings is 5. The van der Waals surface area contributed by atoms with Crippen molar-refractivity contribution in [2.24, 2.45) is 0 Å². The average molecular weight is 524 g/mol. The summed E-state index contributed by atoms with van der Waals surface area (Å²) in [6.45, 7) is 0. The molecule has 0 saturated heterocycles. The summed E-state index contributed by atoms with van der Waals surface area (Å²) >= 11 is 0. The van der Waals surface area contributed by atoms with Crippen LogP contribution in [0.15, 0.2) is 128 Å². The number of hydrogen-bond donors (Lipinski definition) is 0. The molecule has 9 rings (SSSR count). The zero-order valence-corrected chi connectivity index (χ0v) is 21.9. The van der Waals surface area contributed by atoms with Crippen molar-refractivity contribution in [3.8, 4) is 0 Å². The molecule has 0 spiro atoms. The zero-order chi connectivity index (χ0) is 26.9. The van der Waals surface area contributed by atoms with Gasteiger partial charge in [0.25, 0.3) is 0 Å². The normalized spacial score (nSPS) is 11.9. The van der Waals surface area contributed by atoms with Crippen LogP contribution in [0, 0.1) is 0 Å². The Morgan fingerprint density at radius 2 is 0.927 bits per heavy atom. The molecule has 0 aliphatic carbocycles. The lowest BCUT2D eigenvalue weighted by atomic mass is 9.87. The Morgan fingerprint density at radius 1 is 0.439 bits per heavy atom. The molecule has 190 valence electrons. The second kappa shape index (κ2) is 8.41. The number of fused-ring (bicyclic) bond motifs is 7. The number of pyridine rings is 1. The standard InChI is InChI=1S/C36H21N5/c1-3-12-24-22(8-1)10-5-14-26(24)30(27-15-6-11-23-9-2-4-13-25(23)27)31-28-16-7-17-29-32-35(39-20-18-37-32)41(34(28)29)36-33(31)38-19-21-40-36/h1-21H. The molecule has 0 N–H and O–H groups in total. The number of aromatic nitrogens is 5. The Kier molecular flexibility index (Phi) is 4.55. The first kappa shape index (κ1) is 22.2. The van der Waals surface area contributed by atoms with Gasteiger partial charge in [0.15, 0.2) is 11.3 Å². The lowest BCUT2D eigenvalue weighted by molar-refractivity contribution is 1.16. The van der Waals surface area contributed by atoms with Crippen molar-refractivity contribution in [3.05, 3.63) is 144 Å². The summed E-state index contributed by atoms with van der Waals surface area (Å²) < 4.78 is 2.13. The molecule has 41 heavy (non-hydrogen) atoms. The van der Waals surface area contributed by atoms with Gasteiger partial charge in [0.05, 0.1) is 5.52 Å². The largest absolute Gasteiger partial charge is 0.274 e. The van der Waals surface area contributed by atoms with Gasteiger partial charge in [-0.05, 0) is 32.7 Å². The van der Waals surface area contributed by atoms with E-state index in [2.05, 4.69) is 108 Å². The van der Waals surface area contributed by atoms with E-state index in [1.807, 2.05) is 0 Å². The Balaban J connectivity index is 1.65. The van der Waals surface area contributed by atoms with Crippen molar-refractivity contribution in [2.45, 2.75) is 0 Å². The number of hydrogen-bond acceptors (Lipinski definition) is 4. The lowest BCUT2D eigenvalue weighted by Crippen LogP contribution is -2.16. The van der Waals surface area contributed by atoms with Crippen LogP contribution in [0.1, 0.15) is 11.1 Å². The highest BCUT2D eigenvalue weighted by molar-refractivity contribution is 6.16. The van der Waals surface area contributed by atoms with E-state index in [4.69, 9.17) is 19.9 Å². The van der Waals surface area contributed by atoms with Crippen LogP contribution in [0.2, 0.25) is 0 Å². The monoisotopic (exact) mass is 523 g/mol. The second-order valence-corrected chi connectivity index (χ2v) is 10.3. The topological polar surface area (TPSA) is 56.0 Å². The van der Waals surface area contributed by atoms with Crippen molar-refractivity contribution >= 4 is 65.7 Å². The van der Waals surface area contributed by atoms with E-state index < -0.39 is 0 Å². The van der Waals surface area contributed by atoms with Gasteiger partial charge in [0.2, 0.25) is 0 Å². The van der Waals surface area contributed by atoms with E-state index in [1.165, 1.54) is 21.5 Å². The molecule has 0 bridgehead atoms. The van der Waals surface area contributed by atoms with Crippen LogP contribution in [0.4, 0.5) is 0 Å². The van der Waals surface area contributed by atoms with Gasteiger partial charge in [-0.15, -0.1) is 0 Å². The van der Waals surface area contributed by atoms with E-state index in [9.17, 15) is 0 Å². The number of rotatable bonds is 2. The minimum Gasteiger partial charge on any atom is -0.274 e. The van der Waals surface area contributed by atoms with Crippen molar-refractivity contribution in [1.82, 2.24) is 24.3 Å². The highest BCUT2D eigenvalue weighted by Gasteiger charge is 2.22. The molecule has 5 nitrogen and oxygen atoms in total. The van der Waals surface area contributed by atoms with E-state index in [-0.39, 0.29) is 0 Å². The molecule has 0 saturated carbocycles. The maximum atomic E-state index is 5.02. The van der Waals surface area contributed by atoms with Gasteiger partial charge in [0, 0.05) is 46.4 Å². The SMILES string of the molecule is c1ccc2c(C(c3cccc4ccccc34)=c3c4cccc5c6nccnc6n(c6nccnc36)c45)cccc2c1. The fourth-order valence-electron chi connectivity index (χ4n) is 6.53. The van der Waals surface area contributed by atoms with Crippen molar-refractivity contribution in [3.63, 3.8) is 0 Å². The van der Waals surface area contributed by atoms with Crippen molar-refractivity contribution in [1.29, 1.82) is 0 Å². The first-order chi connectivity index (χ1) is 20.4. The Morgan fingerprint density at radius 3 is 1.61 bits per heavy atom. The molecule has 4 aromatic heterocycles. The molecule has 4 heterocycles. The third-order valence-electron chi connectivity index (χ3n) is 8.17. The maximum absolute atomic E-state index is 5.02. The van der Waals surface area contributed by atoms with Gasteiger partial charge in [-0.2, -0.15) is 0 Å². The third-order valence-corrected chi connectivity index (χ3v) is 8.17. The lowest BCUT2D eigenvalue weighted by Gasteiger charge is -2.17. The fraction of sp³-hybridized carbons (Fsp3) is 0. The molecule has 5 heteroatoms. The van der Waals surface area contributed by atoms with Crippen molar-refractivity contribution in [2.75, 3.05) is 0 Å². The molecule has 9 aromatic rings. The van der Waals surface area contributed by atoms with Gasteiger partial charge in [-0.1, -0.05) is 103 Å². The van der Waals surface area contributed by atoms with E-state index in [0.717, 1.165) is 60.5 Å². The first-order valence-electron chi connectivity index (χ1n) is 13.7. The molecule has 0 radical (unpaired) electrons. The summed E-state index contributed by atoms with van der Waals surface area (Å²) in [6.07, 6.45) is 7.03. The molecular weight excluding hydrogens is 502 g/mol. The molecule has 0 unspecified atom stereocenters. The molecule has 0 amide bonds. The molecule has 0 aliphatic rings. The van der Waals surface area contributed by atoms with Gasteiger partial charge >= 0.3 is 0 Å². The first-order valence-corrected chi connectivity index (χ1v) is 13.7. The van der Waals surface area contributed by atoms with Crippen LogP contribution in [0.5, 0.6) is 0 Å². The summed E-state index contributed by atoms with van der Waals surface area (Å²) in [4.78, 5) is 19.4. The number of para-hydroxylation sites is 1. The fourth-order valence-corrected chi connectivity index (χ4v) is 6.53. The highest BCUT2D eigenvalue weighted by Crippen LogP contribution is 2.36. The molecule has 0 atom stereocenters. The zero-order valence-electron chi connectivity index (χ0n) is 21.9. The third kappa shape index (κ3) is 3.06. The van der Waals surface area contributed by atoms with Crippen LogP contribution in [-0.4, -0.2) is 24.3 Å². The van der Waals surface area contributed by atoms with E-state index in [0.29, 0.717) is 0 Å². The maximum Gasteiger partial charge on any atom is 0.165 e. The van der Waals surface area contributed by atoms with Crippen LogP contribution < -0.4 is 5.22 Å². The minimum absolute atomic E-state index is 0.764. The van der Waals surface area contributed by atoms with Gasteiger partial charge in [-0.25, -0.2) is 9.97 Å². The van der Waals surface area contributed by atoms with Crippen LogP contribution in [0.3, 0.4) is 0 Å². The summed E-state index contributed by atoms with van der Waals surface area (Å²) in [5.74, 6) is 0. The molecule has 0 aliphatic heterocycles. The molecule has 0 fully saturated rings. The summed E-state index contributed by atoms with van der Waals surface area (Å²) in [5.41, 5.74) is 7.73. The van der Waals surface area contributed by atoms with Crippen LogP contribution in [-0.2, 0) is 0 Å². The molecular formula is C36H21N5. The Hall–Kier alpha value is -5.68. The van der Waals surface area contributed by atoms with Crippen LogP contribution >= 0.6 is 0 Å². The minimum atomic E-state index is 0.764. The summed E-state index contributed by atoms with van der Waals surface area (Å²) in [6, 6.07) is 36.7. The smallest absolute Gasteiger partial charge is 0.165 e. The predicted octanol–water partition coefficient (Wildman–Crippen LogP) is 7.25. The highest BCUT2D eigenvalue weighted by atomic mass is 15.1. The van der Waals surface area contributed by atoms with Crippen LogP contribution in [0.25, 0.3) is 65.7 Å². The number of nitrogens with zero attached hydrogens (tertiary/aromatic N) is 5. The van der Waals surface area contributed by atoms with Crippen molar-refractivity contribution < 1.29 is 0 Å². The van der Waals surface area contributed by atoms with Gasteiger partial charge in [-0.3, -0.25) is 14.4 Å². The second-order valence-electron chi connectivity index (χ2n) is 10.3. The van der Waals surface area contributed by atoms with Gasteiger partial charge < -0.3 is 0 Å². The predicted molar refractivity (Wildman–Crippen MR) is 166 cm³/mol. The van der Waals surface area contributed by atoms with E-state index in [1.54, 1.807) is 24.8 Å². The summed E-state index contributed by atoms with van der Waals surface area (Å²) in [7, 11) is 0.